The van der Waals surface area contributed by atoms with Crippen molar-refractivity contribution in [3.05, 3.63) is 35.6 Å². The van der Waals surface area contributed by atoms with Crippen molar-refractivity contribution in [2.45, 2.75) is 10.8 Å². The Morgan fingerprint density at radius 2 is 2.29 bits per heavy atom. The van der Waals surface area contributed by atoms with Crippen molar-refractivity contribution in [3.8, 4) is 0 Å². The minimum absolute atomic E-state index is 0.251. The molecule has 0 atom stereocenters. The topological polar surface area (TPSA) is 76.5 Å². The summed E-state index contributed by atoms with van der Waals surface area (Å²) < 4.78 is 30.7. The highest BCUT2D eigenvalue weighted by Gasteiger charge is 2.22. The Kier molecular flexibility index (Phi) is 3.23. The van der Waals surface area contributed by atoms with Gasteiger partial charge in [-0.15, -0.1) is 11.3 Å². The second-order valence-corrected chi connectivity index (χ2v) is 6.77. The molecule has 0 aliphatic heterocycles. The first kappa shape index (κ1) is 12.2. The zero-order valence-electron chi connectivity index (χ0n) is 9.16. The maximum atomic E-state index is 12.1. The van der Waals surface area contributed by atoms with Gasteiger partial charge < -0.3 is 10.2 Å². The lowest BCUT2D eigenvalue weighted by molar-refractivity contribution is 0.465. The van der Waals surface area contributed by atoms with E-state index in [1.165, 1.54) is 29.9 Å². The number of anilines is 1. The number of thiophene rings is 1. The SMILES string of the molecule is CN(Cc1ccoc1)S(=O)(=O)c1cc(N)cs1. The van der Waals surface area contributed by atoms with Crippen LogP contribution in [0.2, 0.25) is 0 Å². The molecule has 0 aromatic carbocycles. The molecule has 2 N–H and O–H groups in total. The van der Waals surface area contributed by atoms with Crippen molar-refractivity contribution in [1.29, 1.82) is 0 Å². The number of nitrogens with zero attached hydrogens (tertiary/aromatic N) is 1. The van der Waals surface area contributed by atoms with E-state index in [9.17, 15) is 8.42 Å². The fraction of sp³-hybridized carbons (Fsp3) is 0.200. The number of nitrogens with two attached hydrogens (primary N) is 1. The number of hydrogen-bond acceptors (Lipinski definition) is 5. The Labute approximate surface area is 104 Å². The normalized spacial score (nSPS) is 12.1. The van der Waals surface area contributed by atoms with Gasteiger partial charge in [0.1, 0.15) is 4.21 Å². The fourth-order valence-electron chi connectivity index (χ4n) is 1.34. The first-order valence-corrected chi connectivity index (χ1v) is 7.13. The lowest BCUT2D eigenvalue weighted by atomic mass is 10.3. The van der Waals surface area contributed by atoms with Crippen LogP contribution in [0.5, 0.6) is 0 Å². The van der Waals surface area contributed by atoms with Crippen LogP contribution < -0.4 is 5.73 Å². The summed E-state index contributed by atoms with van der Waals surface area (Å²) in [6.45, 7) is 0.274. The first-order chi connectivity index (χ1) is 8.00. The lowest BCUT2D eigenvalue weighted by Crippen LogP contribution is -2.25. The zero-order chi connectivity index (χ0) is 12.5. The lowest BCUT2D eigenvalue weighted by Gasteiger charge is -2.14. The summed E-state index contributed by atoms with van der Waals surface area (Å²) in [5.74, 6) is 0. The molecule has 2 heterocycles. The molecule has 7 heteroatoms. The third-order valence-corrected chi connectivity index (χ3v) is 5.48. The average molecular weight is 272 g/mol. The number of hydrogen-bond donors (Lipinski definition) is 1. The van der Waals surface area contributed by atoms with Crippen molar-refractivity contribution in [1.82, 2.24) is 4.31 Å². The molecule has 0 saturated heterocycles. The van der Waals surface area contributed by atoms with Crippen LogP contribution in [0.3, 0.4) is 0 Å². The Morgan fingerprint density at radius 3 is 2.82 bits per heavy atom. The summed E-state index contributed by atoms with van der Waals surface area (Å²) in [5.41, 5.74) is 6.79. The molecule has 2 aromatic rings. The molecule has 2 rings (SSSR count). The van der Waals surface area contributed by atoms with Gasteiger partial charge in [0, 0.05) is 30.2 Å². The van der Waals surface area contributed by atoms with Gasteiger partial charge in [0.25, 0.3) is 10.0 Å². The smallest absolute Gasteiger partial charge is 0.252 e. The van der Waals surface area contributed by atoms with Gasteiger partial charge in [-0.1, -0.05) is 0 Å². The molecular weight excluding hydrogens is 260 g/mol. The molecule has 0 fully saturated rings. The number of furan rings is 1. The largest absolute Gasteiger partial charge is 0.472 e. The molecule has 0 amide bonds. The quantitative estimate of drug-likeness (QED) is 0.919. The van der Waals surface area contributed by atoms with Gasteiger partial charge in [-0.25, -0.2) is 8.42 Å². The average Bonchev–Trinajstić information content (AvgIpc) is 2.89. The Hall–Kier alpha value is -1.31. The van der Waals surface area contributed by atoms with Crippen molar-refractivity contribution in [3.63, 3.8) is 0 Å². The molecule has 0 unspecified atom stereocenters. The van der Waals surface area contributed by atoms with E-state index in [1.54, 1.807) is 11.4 Å². The molecular formula is C10H12N2O3S2. The third kappa shape index (κ3) is 2.51. The third-order valence-electron chi connectivity index (χ3n) is 2.25. The Bertz CT molecular complexity index is 587. The van der Waals surface area contributed by atoms with Gasteiger partial charge in [0.2, 0.25) is 0 Å². The maximum Gasteiger partial charge on any atom is 0.252 e. The van der Waals surface area contributed by atoms with Gasteiger partial charge in [0.15, 0.2) is 0 Å². The minimum atomic E-state index is -3.46. The summed E-state index contributed by atoms with van der Waals surface area (Å²) in [6.07, 6.45) is 3.04. The predicted octanol–water partition coefficient (Wildman–Crippen LogP) is 1.74. The van der Waals surface area contributed by atoms with Crippen molar-refractivity contribution in [2.24, 2.45) is 0 Å². The highest BCUT2D eigenvalue weighted by Crippen LogP contribution is 2.25. The van der Waals surface area contributed by atoms with Crippen LogP contribution in [-0.4, -0.2) is 19.8 Å². The maximum absolute atomic E-state index is 12.1. The Morgan fingerprint density at radius 1 is 1.53 bits per heavy atom. The molecule has 2 aromatic heterocycles. The van der Waals surface area contributed by atoms with Crippen LogP contribution in [-0.2, 0) is 16.6 Å². The highest BCUT2D eigenvalue weighted by molar-refractivity contribution is 7.91. The molecule has 0 bridgehead atoms. The summed E-state index contributed by atoms with van der Waals surface area (Å²) in [7, 11) is -1.94. The summed E-state index contributed by atoms with van der Waals surface area (Å²) in [4.78, 5) is 0. The molecule has 0 saturated carbocycles. The van der Waals surface area contributed by atoms with E-state index in [-0.39, 0.29) is 10.8 Å². The van der Waals surface area contributed by atoms with Crippen molar-refractivity contribution >= 4 is 27.0 Å². The van der Waals surface area contributed by atoms with E-state index < -0.39 is 10.0 Å². The number of rotatable bonds is 4. The minimum Gasteiger partial charge on any atom is -0.472 e. The van der Waals surface area contributed by atoms with Crippen molar-refractivity contribution < 1.29 is 12.8 Å². The molecule has 0 aliphatic carbocycles. The van der Waals surface area contributed by atoms with Crippen LogP contribution in [0.4, 0.5) is 5.69 Å². The van der Waals surface area contributed by atoms with Crippen LogP contribution >= 0.6 is 11.3 Å². The van der Waals surface area contributed by atoms with E-state index in [0.29, 0.717) is 5.69 Å². The second kappa shape index (κ2) is 4.52. The second-order valence-electron chi connectivity index (χ2n) is 3.59. The van der Waals surface area contributed by atoms with E-state index in [2.05, 4.69) is 0 Å². The molecule has 0 spiro atoms. The fourth-order valence-corrected chi connectivity index (χ4v) is 3.79. The predicted molar refractivity (Wildman–Crippen MR) is 66.1 cm³/mol. The highest BCUT2D eigenvalue weighted by atomic mass is 32.2. The monoisotopic (exact) mass is 272 g/mol. The van der Waals surface area contributed by atoms with Crippen LogP contribution in [0, 0.1) is 0 Å². The van der Waals surface area contributed by atoms with Gasteiger partial charge in [-0.2, -0.15) is 4.31 Å². The summed E-state index contributed by atoms with van der Waals surface area (Å²) >= 11 is 1.12. The summed E-state index contributed by atoms with van der Waals surface area (Å²) in [5, 5.41) is 1.61. The standard InChI is InChI=1S/C10H12N2O3S2/c1-12(5-8-2-3-15-6-8)17(13,14)10-4-9(11)7-16-10/h2-4,6-7H,5,11H2,1H3. The van der Waals surface area contributed by atoms with Crippen LogP contribution in [0.1, 0.15) is 5.56 Å². The van der Waals surface area contributed by atoms with E-state index in [1.807, 2.05) is 0 Å². The van der Waals surface area contributed by atoms with E-state index >= 15 is 0 Å². The molecule has 92 valence electrons. The molecule has 17 heavy (non-hydrogen) atoms. The van der Waals surface area contributed by atoms with Crippen molar-refractivity contribution in [2.75, 3.05) is 12.8 Å². The number of sulfonamides is 1. The summed E-state index contributed by atoms with van der Waals surface area (Å²) in [6, 6.07) is 3.20. The van der Waals surface area contributed by atoms with E-state index in [4.69, 9.17) is 10.2 Å². The molecule has 5 nitrogen and oxygen atoms in total. The Balaban J connectivity index is 2.21. The number of nitrogen functional groups attached to an aromatic ring is 1. The first-order valence-electron chi connectivity index (χ1n) is 4.81. The van der Waals surface area contributed by atoms with E-state index in [0.717, 1.165) is 16.9 Å². The molecule has 0 radical (unpaired) electrons. The zero-order valence-corrected chi connectivity index (χ0v) is 10.8. The molecule has 0 aliphatic rings. The van der Waals surface area contributed by atoms with Gasteiger partial charge in [-0.3, -0.25) is 0 Å². The van der Waals surface area contributed by atoms with Crippen LogP contribution in [0.25, 0.3) is 0 Å². The van der Waals surface area contributed by atoms with Gasteiger partial charge in [0.05, 0.1) is 12.5 Å². The van der Waals surface area contributed by atoms with Crippen LogP contribution in [0.15, 0.2) is 38.7 Å². The van der Waals surface area contributed by atoms with Gasteiger partial charge in [-0.05, 0) is 12.1 Å². The van der Waals surface area contributed by atoms with Gasteiger partial charge >= 0.3 is 0 Å².